The molecule has 1 aliphatic rings. The summed E-state index contributed by atoms with van der Waals surface area (Å²) in [5, 5.41) is 11.1. The Morgan fingerprint density at radius 3 is 2.50 bits per heavy atom. The Morgan fingerprint density at radius 1 is 1.50 bits per heavy atom. The van der Waals surface area contributed by atoms with Crippen molar-refractivity contribution in [2.24, 2.45) is 11.7 Å². The molecule has 1 heterocycles. The molecule has 1 saturated heterocycles. The van der Waals surface area contributed by atoms with E-state index in [9.17, 15) is 9.59 Å². The molecule has 1 fully saturated rings. The first kappa shape index (κ1) is 12.9. The molecule has 0 radical (unpaired) electrons. The van der Waals surface area contributed by atoms with Crippen LogP contribution in [0.4, 0.5) is 4.79 Å². The minimum atomic E-state index is -0.818. The molecule has 6 nitrogen and oxygen atoms in total. The van der Waals surface area contributed by atoms with E-state index in [2.05, 4.69) is 5.32 Å². The molecule has 1 unspecified atom stereocenters. The van der Waals surface area contributed by atoms with Crippen LogP contribution in [0.1, 0.15) is 19.8 Å². The highest BCUT2D eigenvalue weighted by molar-refractivity contribution is 5.96. The zero-order valence-electron chi connectivity index (χ0n) is 9.48. The first-order valence-electron chi connectivity index (χ1n) is 5.49. The van der Waals surface area contributed by atoms with Crippen LogP contribution < -0.4 is 11.1 Å². The highest BCUT2D eigenvalue weighted by Gasteiger charge is 2.26. The summed E-state index contributed by atoms with van der Waals surface area (Å²) in [5.41, 5.74) is 4.88. The van der Waals surface area contributed by atoms with Gasteiger partial charge < -0.3 is 10.8 Å². The molecule has 0 aliphatic carbocycles. The Kier molecular flexibility index (Phi) is 4.70. The van der Waals surface area contributed by atoms with Crippen LogP contribution in [-0.2, 0) is 4.79 Å². The zero-order valence-corrected chi connectivity index (χ0v) is 9.48. The molecule has 16 heavy (non-hydrogen) atoms. The molecular formula is C10H19N3O3. The van der Waals surface area contributed by atoms with Gasteiger partial charge in [-0.2, -0.15) is 0 Å². The van der Waals surface area contributed by atoms with Crippen LogP contribution in [0.2, 0.25) is 0 Å². The summed E-state index contributed by atoms with van der Waals surface area (Å²) < 4.78 is 0. The number of piperidine rings is 1. The van der Waals surface area contributed by atoms with Crippen LogP contribution in [0.3, 0.4) is 0 Å². The number of likely N-dealkylation sites (tertiary alicyclic amines) is 1. The minimum absolute atomic E-state index is 0.204. The van der Waals surface area contributed by atoms with E-state index >= 15 is 0 Å². The average molecular weight is 229 g/mol. The number of hydrogen-bond donors (Lipinski definition) is 3. The minimum Gasteiger partial charge on any atom is -0.396 e. The van der Waals surface area contributed by atoms with Crippen molar-refractivity contribution < 1.29 is 14.7 Å². The lowest BCUT2D eigenvalue weighted by Crippen LogP contribution is -2.50. The molecule has 4 N–H and O–H groups in total. The lowest BCUT2D eigenvalue weighted by molar-refractivity contribution is -0.125. The van der Waals surface area contributed by atoms with E-state index in [1.54, 1.807) is 6.92 Å². The fraction of sp³-hybridized carbons (Fsp3) is 0.800. The van der Waals surface area contributed by atoms with E-state index in [-0.39, 0.29) is 18.6 Å². The predicted octanol–water partition coefficient (Wildman–Crippen LogP) is -0.726. The standard InChI is InChI=1S/C10H19N3O3/c1-7(9(15)12-10(11)16)13-4-2-8(6-14)3-5-13/h7-8,14H,2-6H2,1H3,(H3,11,12,15,16). The Balaban J connectivity index is 2.40. The van der Waals surface area contributed by atoms with E-state index in [0.29, 0.717) is 5.92 Å². The van der Waals surface area contributed by atoms with Gasteiger partial charge in [-0.05, 0) is 38.8 Å². The van der Waals surface area contributed by atoms with Crippen molar-refractivity contribution in [2.45, 2.75) is 25.8 Å². The summed E-state index contributed by atoms with van der Waals surface area (Å²) in [5.74, 6) is -0.0300. The lowest BCUT2D eigenvalue weighted by atomic mass is 9.97. The Labute approximate surface area is 94.8 Å². The third-order valence-electron chi connectivity index (χ3n) is 3.08. The molecule has 3 amide bonds. The SMILES string of the molecule is CC(C(=O)NC(N)=O)N1CCC(CO)CC1. The fourth-order valence-electron chi connectivity index (χ4n) is 1.91. The average Bonchev–Trinajstić information content (AvgIpc) is 2.27. The molecule has 0 aromatic rings. The number of amides is 3. The van der Waals surface area contributed by atoms with Gasteiger partial charge in [0, 0.05) is 6.61 Å². The van der Waals surface area contributed by atoms with Crippen molar-refractivity contribution in [1.29, 1.82) is 0 Å². The Morgan fingerprint density at radius 2 is 2.06 bits per heavy atom. The molecular weight excluding hydrogens is 210 g/mol. The van der Waals surface area contributed by atoms with E-state index in [1.807, 2.05) is 4.90 Å². The van der Waals surface area contributed by atoms with Gasteiger partial charge in [0.2, 0.25) is 5.91 Å². The molecule has 0 bridgehead atoms. The van der Waals surface area contributed by atoms with Gasteiger partial charge in [0.05, 0.1) is 6.04 Å². The van der Waals surface area contributed by atoms with Crippen LogP contribution >= 0.6 is 0 Å². The Bertz CT molecular complexity index is 262. The van der Waals surface area contributed by atoms with Gasteiger partial charge in [0.25, 0.3) is 0 Å². The van der Waals surface area contributed by atoms with E-state index in [0.717, 1.165) is 25.9 Å². The number of nitrogens with one attached hydrogen (secondary N) is 1. The van der Waals surface area contributed by atoms with Crippen molar-refractivity contribution in [3.8, 4) is 0 Å². The molecule has 6 heteroatoms. The number of rotatable bonds is 3. The maximum Gasteiger partial charge on any atom is 0.318 e. The van der Waals surface area contributed by atoms with E-state index in [4.69, 9.17) is 10.8 Å². The van der Waals surface area contributed by atoms with Gasteiger partial charge >= 0.3 is 6.03 Å². The van der Waals surface area contributed by atoms with Crippen molar-refractivity contribution >= 4 is 11.9 Å². The molecule has 0 saturated carbocycles. The number of carbonyl (C=O) groups is 2. The van der Waals surface area contributed by atoms with Crippen LogP contribution in [0.15, 0.2) is 0 Å². The number of aliphatic hydroxyl groups is 1. The summed E-state index contributed by atoms with van der Waals surface area (Å²) >= 11 is 0. The van der Waals surface area contributed by atoms with Crippen LogP contribution in [-0.4, -0.2) is 47.7 Å². The number of imide groups is 1. The van der Waals surface area contributed by atoms with Crippen molar-refractivity contribution in [2.75, 3.05) is 19.7 Å². The summed E-state index contributed by atoms with van der Waals surface area (Å²) in [7, 11) is 0. The van der Waals surface area contributed by atoms with Crippen molar-refractivity contribution in [1.82, 2.24) is 10.2 Å². The molecule has 0 aromatic carbocycles. The van der Waals surface area contributed by atoms with Gasteiger partial charge in [0.1, 0.15) is 0 Å². The number of primary amides is 1. The molecule has 1 aliphatic heterocycles. The summed E-state index contributed by atoms with van der Waals surface area (Å²) in [4.78, 5) is 24.0. The van der Waals surface area contributed by atoms with Gasteiger partial charge in [-0.15, -0.1) is 0 Å². The maximum absolute atomic E-state index is 11.5. The van der Waals surface area contributed by atoms with Crippen molar-refractivity contribution in [3.63, 3.8) is 0 Å². The third-order valence-corrected chi connectivity index (χ3v) is 3.08. The normalized spacial score (nSPS) is 20.4. The maximum atomic E-state index is 11.5. The molecule has 0 aromatic heterocycles. The number of hydrogen-bond acceptors (Lipinski definition) is 4. The number of nitrogens with two attached hydrogens (primary N) is 1. The van der Waals surface area contributed by atoms with Crippen molar-refractivity contribution in [3.05, 3.63) is 0 Å². The number of carbonyl (C=O) groups excluding carboxylic acids is 2. The highest BCUT2D eigenvalue weighted by Crippen LogP contribution is 2.18. The molecule has 1 atom stereocenters. The molecule has 92 valence electrons. The number of nitrogens with zero attached hydrogens (tertiary/aromatic N) is 1. The van der Waals surface area contributed by atoms with E-state index < -0.39 is 6.03 Å². The van der Waals surface area contributed by atoms with E-state index in [1.165, 1.54) is 0 Å². The number of urea groups is 1. The Hall–Kier alpha value is -1.14. The largest absolute Gasteiger partial charge is 0.396 e. The first-order valence-corrected chi connectivity index (χ1v) is 5.49. The topological polar surface area (TPSA) is 95.7 Å². The summed E-state index contributed by atoms with van der Waals surface area (Å²) in [6.45, 7) is 3.48. The predicted molar refractivity (Wildman–Crippen MR) is 58.6 cm³/mol. The highest BCUT2D eigenvalue weighted by atomic mass is 16.3. The van der Waals surface area contributed by atoms with Gasteiger partial charge in [-0.25, -0.2) is 4.79 Å². The van der Waals surface area contributed by atoms with Crippen LogP contribution in [0.25, 0.3) is 0 Å². The summed E-state index contributed by atoms with van der Waals surface area (Å²) in [6.07, 6.45) is 1.76. The summed E-state index contributed by atoms with van der Waals surface area (Å²) in [6, 6.07) is -1.17. The molecule has 1 rings (SSSR count). The second kappa shape index (κ2) is 5.81. The lowest BCUT2D eigenvalue weighted by Gasteiger charge is -2.34. The van der Waals surface area contributed by atoms with Gasteiger partial charge in [0.15, 0.2) is 0 Å². The quantitative estimate of drug-likeness (QED) is 0.594. The fourth-order valence-corrected chi connectivity index (χ4v) is 1.91. The smallest absolute Gasteiger partial charge is 0.318 e. The first-order chi connectivity index (χ1) is 7.54. The van der Waals surface area contributed by atoms with Gasteiger partial charge in [-0.3, -0.25) is 15.0 Å². The monoisotopic (exact) mass is 229 g/mol. The van der Waals surface area contributed by atoms with Gasteiger partial charge in [-0.1, -0.05) is 0 Å². The number of aliphatic hydroxyl groups excluding tert-OH is 1. The van der Waals surface area contributed by atoms with Crippen LogP contribution in [0.5, 0.6) is 0 Å². The third kappa shape index (κ3) is 3.46. The molecule has 0 spiro atoms. The second-order valence-electron chi connectivity index (χ2n) is 4.19. The van der Waals surface area contributed by atoms with Crippen LogP contribution in [0, 0.1) is 5.92 Å². The second-order valence-corrected chi connectivity index (χ2v) is 4.19. The zero-order chi connectivity index (χ0) is 12.1.